The van der Waals surface area contributed by atoms with Crippen LogP contribution < -0.4 is 69.5 Å². The number of aliphatic carboxylic acids is 2. The number of rotatable bonds is 44. The number of benzene rings is 3. The fraction of sp³-hybridized carbons (Fsp3) is 0.535. The smallest absolute Gasteiger partial charge is 0.326 e. The van der Waals surface area contributed by atoms with E-state index in [1.54, 1.807) is 69.5 Å². The Bertz CT molecular complexity index is 3600. The normalized spacial score (nSPS) is 16.7. The second-order valence-electron chi connectivity index (χ2n) is 26.4. The van der Waals surface area contributed by atoms with Gasteiger partial charge in [-0.2, -0.15) is 11.8 Å². The van der Waals surface area contributed by atoms with Gasteiger partial charge in [-0.25, -0.2) is 4.79 Å². The Morgan fingerprint density at radius 2 is 0.926 bits per heavy atom. The molecule has 1 aliphatic rings. The van der Waals surface area contributed by atoms with E-state index in [9.17, 15) is 108 Å². The first-order valence-electron chi connectivity index (χ1n) is 35.2. The van der Waals surface area contributed by atoms with Crippen LogP contribution in [0.25, 0.3) is 0 Å². The highest BCUT2D eigenvalue weighted by atomic mass is 32.2. The minimum absolute atomic E-state index is 0.0223. The quantitative estimate of drug-likeness (QED) is 0.0255. The van der Waals surface area contributed by atoms with Crippen molar-refractivity contribution in [3.63, 3.8) is 0 Å². The predicted molar refractivity (Wildman–Crippen MR) is 390 cm³/mol. The van der Waals surface area contributed by atoms with Crippen molar-refractivity contribution in [2.45, 2.75) is 191 Å². The van der Waals surface area contributed by atoms with E-state index in [0.717, 1.165) is 6.92 Å². The third kappa shape index (κ3) is 28.7. The summed E-state index contributed by atoms with van der Waals surface area (Å²) in [5, 5.41) is 99.8. The van der Waals surface area contributed by atoms with Gasteiger partial charge in [-0.3, -0.25) is 67.1 Å². The second-order valence-corrected chi connectivity index (χ2v) is 27.4. The van der Waals surface area contributed by atoms with Crippen LogP contribution in [0.1, 0.15) is 104 Å². The lowest BCUT2D eigenvalue weighted by Gasteiger charge is -2.29. The van der Waals surface area contributed by atoms with Crippen molar-refractivity contribution in [3.8, 4) is 11.5 Å². The van der Waals surface area contributed by atoms with Gasteiger partial charge in [-0.1, -0.05) is 95.1 Å². The summed E-state index contributed by atoms with van der Waals surface area (Å²) in [5.41, 5.74) is 7.47. The molecule has 1 aliphatic heterocycles. The zero-order chi connectivity index (χ0) is 80.6. The molecule has 3 aromatic rings. The third-order valence-electron chi connectivity index (χ3n) is 17.9. The largest absolute Gasteiger partial charge is 0.508 e. The van der Waals surface area contributed by atoms with Crippen molar-refractivity contribution < 1.29 is 108 Å². The standard InChI is InChI=1S/C71H102N14O22S/c1-9-36(3)56(67(102)74-38(5)59(94)76-47(71(106)107)26-28-108-8)84-65(100)52(35-87)80-61(96)48(31-43-20-24-45(90)25-21-43)77-62(97)50(32-55(92)93)78-64(99)51(34-86)81-68(103)57(37(4)10-2)83-63(98)49(30-41-15-12-11-13-16-41)79-69(104)58(40(7)88)82-54(91)33-73-66(101)53-17-14-27-85(53)70(105)39(6)75-60(95)46(72)29-42-18-22-44(89)23-19-42/h11-13,15-16,18-25,36-40,46-53,56-58,86-90H,9-10,14,17,26-35,72H2,1-8H3,(H,73,101)(H,74,102)(H,75,95)(H,76,94)(H,77,97)(H,78,99)(H,79,104)(H,80,96)(H,81,103)(H,82,91)(H,83,98)(H,84,100)(H,92,93)(H,106,107)/t36-,37-,38-,39-,40+,46-,47-,48-,49-,50-,51-,52-,53-,56-,57-,58-/m0/s1. The molecule has 4 rings (SSSR count). The van der Waals surface area contributed by atoms with E-state index in [2.05, 4.69) is 63.8 Å². The monoisotopic (exact) mass is 1530 g/mol. The Labute approximate surface area is 628 Å². The molecule has 594 valence electrons. The van der Waals surface area contributed by atoms with Gasteiger partial charge in [0.2, 0.25) is 76.8 Å². The summed E-state index contributed by atoms with van der Waals surface area (Å²) in [7, 11) is 0. The summed E-state index contributed by atoms with van der Waals surface area (Å²) >= 11 is 1.35. The van der Waals surface area contributed by atoms with Gasteiger partial charge in [0.1, 0.15) is 84.0 Å². The summed E-state index contributed by atoms with van der Waals surface area (Å²) < 4.78 is 0. The first-order chi connectivity index (χ1) is 51.1. The number of aromatic hydroxyl groups is 2. The molecule has 0 aromatic heterocycles. The Balaban J connectivity index is 1.48. The first-order valence-corrected chi connectivity index (χ1v) is 36.6. The highest BCUT2D eigenvalue weighted by Crippen LogP contribution is 2.20. The molecule has 16 atom stereocenters. The SMILES string of the molecule is CC[C@H](C)[C@H](NC(=O)[C@H](CO)NC(=O)[C@H](Cc1ccc(O)cc1)NC(=O)[C@H](CC(=O)O)NC(=O)[C@H](CO)NC(=O)[C@@H](NC(=O)[C@H](Cc1ccccc1)NC(=O)[C@@H](NC(=O)CNC(=O)[C@@H]1CCCN1C(=O)[C@H](C)NC(=O)[C@@H](N)Cc1ccc(O)cc1)[C@@H](C)O)[C@@H](C)CC)C(=O)N[C@@H](C)C(=O)N[C@@H](CCSC)C(=O)O. The number of phenolic OH excluding ortho intramolecular Hbond substituents is 2. The molecule has 0 bridgehead atoms. The van der Waals surface area contributed by atoms with Crippen LogP contribution in [0.5, 0.6) is 11.5 Å². The highest BCUT2D eigenvalue weighted by molar-refractivity contribution is 7.98. The average molecular weight is 1540 g/mol. The van der Waals surface area contributed by atoms with Crippen LogP contribution in [0.2, 0.25) is 0 Å². The van der Waals surface area contributed by atoms with Gasteiger partial charge in [-0.05, 0) is 111 Å². The molecule has 0 saturated carbocycles. The van der Waals surface area contributed by atoms with Gasteiger partial charge in [0.05, 0.1) is 38.3 Å². The molecule has 1 saturated heterocycles. The first kappa shape index (κ1) is 89.9. The van der Waals surface area contributed by atoms with Crippen LogP contribution in [-0.2, 0) is 91.2 Å². The maximum absolute atomic E-state index is 14.5. The predicted octanol–water partition coefficient (Wildman–Crippen LogP) is -4.30. The van der Waals surface area contributed by atoms with Crippen molar-refractivity contribution in [3.05, 3.63) is 95.6 Å². The molecule has 1 heterocycles. The van der Waals surface area contributed by atoms with Crippen molar-refractivity contribution in [2.24, 2.45) is 17.6 Å². The minimum atomic E-state index is -2.10. The Hall–Kier alpha value is -10.5. The van der Waals surface area contributed by atoms with E-state index >= 15 is 0 Å². The molecule has 108 heavy (non-hydrogen) atoms. The summed E-state index contributed by atoms with van der Waals surface area (Å²) in [4.78, 5) is 205. The van der Waals surface area contributed by atoms with Crippen LogP contribution in [0, 0.1) is 11.8 Å². The van der Waals surface area contributed by atoms with E-state index < -0.39 is 218 Å². The fourth-order valence-corrected chi connectivity index (χ4v) is 11.6. The summed E-state index contributed by atoms with van der Waals surface area (Å²) in [6.07, 6.45) is -0.623. The number of carbonyl (C=O) groups excluding carboxylic acids is 13. The number of carboxylic acids is 2. The van der Waals surface area contributed by atoms with Crippen LogP contribution in [0.3, 0.4) is 0 Å². The lowest BCUT2D eigenvalue weighted by molar-refractivity contribution is -0.142. The molecule has 0 spiro atoms. The fourth-order valence-electron chi connectivity index (χ4n) is 11.1. The third-order valence-corrected chi connectivity index (χ3v) is 18.6. The molecule has 37 heteroatoms. The number of phenols is 2. The molecule has 36 nitrogen and oxygen atoms in total. The topological polar surface area (TPSA) is 571 Å². The van der Waals surface area contributed by atoms with E-state index in [0.29, 0.717) is 23.3 Å². The van der Waals surface area contributed by atoms with Crippen LogP contribution in [0.4, 0.5) is 0 Å². The van der Waals surface area contributed by atoms with Crippen LogP contribution in [-0.4, -0.2) is 252 Å². The number of hydrogen-bond acceptors (Lipinski definition) is 22. The zero-order valence-electron chi connectivity index (χ0n) is 61.3. The van der Waals surface area contributed by atoms with E-state index in [1.165, 1.54) is 73.8 Å². The molecular weight excluding hydrogens is 1430 g/mol. The van der Waals surface area contributed by atoms with Crippen molar-refractivity contribution in [2.75, 3.05) is 38.3 Å². The molecule has 3 aromatic carbocycles. The maximum atomic E-state index is 14.5. The number of nitrogens with zero attached hydrogens (tertiary/aromatic N) is 1. The summed E-state index contributed by atoms with van der Waals surface area (Å²) in [5.74, 6) is -17.2. The van der Waals surface area contributed by atoms with Crippen LogP contribution in [0.15, 0.2) is 78.9 Å². The number of nitrogens with two attached hydrogens (primary N) is 1. The lowest BCUT2D eigenvalue weighted by atomic mass is 9.96. The lowest BCUT2D eigenvalue weighted by Crippen LogP contribution is -2.62. The Morgan fingerprint density at radius 1 is 0.500 bits per heavy atom. The molecular formula is C71H102N14O22S. The van der Waals surface area contributed by atoms with Gasteiger partial charge in [0.25, 0.3) is 0 Å². The van der Waals surface area contributed by atoms with E-state index in [-0.39, 0.29) is 62.1 Å². The molecule has 0 unspecified atom stereocenters. The maximum Gasteiger partial charge on any atom is 0.326 e. The van der Waals surface area contributed by atoms with Crippen molar-refractivity contribution in [1.82, 2.24) is 68.7 Å². The molecule has 13 amide bonds. The van der Waals surface area contributed by atoms with Gasteiger partial charge >= 0.3 is 11.9 Å². The molecule has 0 aliphatic carbocycles. The molecule has 0 radical (unpaired) electrons. The highest BCUT2D eigenvalue weighted by Gasteiger charge is 2.41. The van der Waals surface area contributed by atoms with Gasteiger partial charge in [0, 0.05) is 19.4 Å². The second kappa shape index (κ2) is 44.6. The van der Waals surface area contributed by atoms with Gasteiger partial charge in [0.15, 0.2) is 0 Å². The number of aliphatic hydroxyl groups is 3. The molecule has 21 N–H and O–H groups in total. The Morgan fingerprint density at radius 3 is 1.43 bits per heavy atom. The molecule has 1 fully saturated rings. The van der Waals surface area contributed by atoms with E-state index in [1.807, 2.05) is 0 Å². The zero-order valence-corrected chi connectivity index (χ0v) is 62.1. The average Bonchev–Trinajstić information content (AvgIpc) is 1.57. The number of nitrogens with one attached hydrogen (secondary N) is 12. The van der Waals surface area contributed by atoms with Crippen LogP contribution >= 0.6 is 11.8 Å². The number of carboxylic acid groups (broad SMARTS) is 2. The summed E-state index contributed by atoms with van der Waals surface area (Å²) in [6, 6.07) is -0.607. The number of hydrogen-bond donors (Lipinski definition) is 20. The number of thioether (sulfide) groups is 1. The van der Waals surface area contributed by atoms with Gasteiger partial charge < -0.3 is 110 Å². The van der Waals surface area contributed by atoms with Crippen molar-refractivity contribution in [1.29, 1.82) is 0 Å². The number of carbonyl (C=O) groups is 15. The van der Waals surface area contributed by atoms with E-state index in [4.69, 9.17) is 5.73 Å². The number of likely N-dealkylation sites (tertiary alicyclic amines) is 1. The minimum Gasteiger partial charge on any atom is -0.508 e. The van der Waals surface area contributed by atoms with Gasteiger partial charge in [-0.15, -0.1) is 0 Å². The van der Waals surface area contributed by atoms with Crippen molar-refractivity contribution >= 4 is 100 Å². The number of aliphatic hydroxyl groups excluding tert-OH is 3. The summed E-state index contributed by atoms with van der Waals surface area (Å²) in [6.45, 7) is 7.33. The Kier molecular flexibility index (Phi) is 37.1. The number of amides is 13.